The van der Waals surface area contributed by atoms with E-state index in [0.717, 1.165) is 41.2 Å². The zero-order chi connectivity index (χ0) is 21.6. The first-order valence-electron chi connectivity index (χ1n) is 10.7. The second kappa shape index (κ2) is 9.84. The van der Waals surface area contributed by atoms with Crippen molar-refractivity contribution in [3.05, 3.63) is 83.9 Å². The highest BCUT2D eigenvalue weighted by molar-refractivity contribution is 8.00. The van der Waals surface area contributed by atoms with E-state index in [1.165, 1.54) is 22.9 Å². The van der Waals surface area contributed by atoms with Gasteiger partial charge in [-0.15, -0.1) is 11.8 Å². The molecule has 0 aliphatic carbocycles. The number of para-hydroxylation sites is 2. The van der Waals surface area contributed by atoms with Crippen molar-refractivity contribution in [2.75, 3.05) is 16.0 Å². The Bertz CT molecular complexity index is 1030. The van der Waals surface area contributed by atoms with E-state index >= 15 is 0 Å². The van der Waals surface area contributed by atoms with Crippen molar-refractivity contribution >= 4 is 40.6 Å². The van der Waals surface area contributed by atoms with Crippen LogP contribution >= 0.6 is 11.8 Å². The van der Waals surface area contributed by atoms with Gasteiger partial charge in [0, 0.05) is 17.0 Å². The van der Waals surface area contributed by atoms with Crippen LogP contribution in [-0.4, -0.2) is 17.6 Å². The molecule has 0 atom stereocenters. The summed E-state index contributed by atoms with van der Waals surface area (Å²) < 4.78 is 0. The molecule has 0 bridgehead atoms. The van der Waals surface area contributed by atoms with Crippen molar-refractivity contribution in [2.45, 2.75) is 37.5 Å². The van der Waals surface area contributed by atoms with Gasteiger partial charge in [0.2, 0.25) is 11.8 Å². The maximum atomic E-state index is 13.4. The van der Waals surface area contributed by atoms with Crippen LogP contribution in [0.4, 0.5) is 17.1 Å². The molecule has 0 radical (unpaired) electrons. The Morgan fingerprint density at radius 1 is 0.871 bits per heavy atom. The van der Waals surface area contributed by atoms with Gasteiger partial charge in [-0.1, -0.05) is 43.3 Å². The van der Waals surface area contributed by atoms with Crippen LogP contribution in [0, 0.1) is 0 Å². The Balaban J connectivity index is 1.49. The van der Waals surface area contributed by atoms with Gasteiger partial charge >= 0.3 is 0 Å². The van der Waals surface area contributed by atoms with Crippen molar-refractivity contribution in [1.82, 2.24) is 0 Å². The summed E-state index contributed by atoms with van der Waals surface area (Å²) in [7, 11) is 0. The Kier molecular flexibility index (Phi) is 6.73. The van der Waals surface area contributed by atoms with Crippen LogP contribution in [0.1, 0.15) is 30.9 Å². The summed E-state index contributed by atoms with van der Waals surface area (Å²) in [5.74, 6) is 0.424. The molecule has 0 aromatic heterocycles. The summed E-state index contributed by atoms with van der Waals surface area (Å²) in [6.45, 7) is 1.98. The van der Waals surface area contributed by atoms with Crippen LogP contribution in [0.5, 0.6) is 0 Å². The van der Waals surface area contributed by atoms with E-state index < -0.39 is 0 Å². The fourth-order valence-electron chi connectivity index (χ4n) is 3.84. The van der Waals surface area contributed by atoms with E-state index in [2.05, 4.69) is 17.4 Å². The molecule has 1 heterocycles. The Morgan fingerprint density at radius 2 is 1.45 bits per heavy atom. The second-order valence-corrected chi connectivity index (χ2v) is 8.65. The lowest BCUT2D eigenvalue weighted by molar-refractivity contribution is -0.116. The second-order valence-electron chi connectivity index (χ2n) is 7.60. The molecular formula is C26H26N2O2S. The van der Waals surface area contributed by atoms with E-state index in [4.69, 9.17) is 0 Å². The minimum absolute atomic E-state index is 0.0246. The molecule has 31 heavy (non-hydrogen) atoms. The Labute approximate surface area is 187 Å². The molecule has 4 rings (SSSR count). The standard InChI is InChI=1S/C26H26N2O2S/c1-2-7-25(29)27-21-14-16-22(17-15-21)31-18-26(30)28-23-10-5-3-8-19(23)12-13-20-9-4-6-11-24(20)28/h3-6,8-11,14-17H,2,7,12-13,18H2,1H3,(H,27,29). The van der Waals surface area contributed by atoms with Crippen LogP contribution in [0.2, 0.25) is 0 Å². The number of fused-ring (bicyclic) bond motifs is 2. The van der Waals surface area contributed by atoms with Crippen molar-refractivity contribution in [3.8, 4) is 0 Å². The van der Waals surface area contributed by atoms with Gasteiger partial charge in [-0.3, -0.25) is 14.5 Å². The summed E-state index contributed by atoms with van der Waals surface area (Å²) in [4.78, 5) is 28.0. The number of amides is 2. The molecular weight excluding hydrogens is 404 g/mol. The number of carbonyl (C=O) groups excluding carboxylic acids is 2. The van der Waals surface area contributed by atoms with Crippen molar-refractivity contribution < 1.29 is 9.59 Å². The highest BCUT2D eigenvalue weighted by Gasteiger charge is 2.25. The van der Waals surface area contributed by atoms with Gasteiger partial charge in [-0.2, -0.15) is 0 Å². The third-order valence-corrected chi connectivity index (χ3v) is 6.35. The molecule has 158 valence electrons. The molecule has 0 saturated heterocycles. The molecule has 1 aliphatic heterocycles. The van der Waals surface area contributed by atoms with Gasteiger partial charge in [0.1, 0.15) is 0 Å². The van der Waals surface area contributed by atoms with Gasteiger partial charge in [-0.05, 0) is 66.8 Å². The average Bonchev–Trinajstić information content (AvgIpc) is 2.95. The molecule has 4 nitrogen and oxygen atoms in total. The van der Waals surface area contributed by atoms with Crippen LogP contribution in [0.15, 0.2) is 77.7 Å². The SMILES string of the molecule is CCCC(=O)Nc1ccc(SCC(=O)N2c3ccccc3CCc3ccccc32)cc1. The number of hydrogen-bond donors (Lipinski definition) is 1. The van der Waals surface area contributed by atoms with Crippen LogP contribution in [0.25, 0.3) is 0 Å². The fraction of sp³-hybridized carbons (Fsp3) is 0.231. The van der Waals surface area contributed by atoms with Crippen LogP contribution < -0.4 is 10.2 Å². The first-order chi connectivity index (χ1) is 15.2. The lowest BCUT2D eigenvalue weighted by Gasteiger charge is -2.25. The molecule has 0 saturated carbocycles. The van der Waals surface area contributed by atoms with Gasteiger partial charge < -0.3 is 5.32 Å². The summed E-state index contributed by atoms with van der Waals surface area (Å²) in [5, 5.41) is 2.89. The van der Waals surface area contributed by atoms with Gasteiger partial charge in [0.05, 0.1) is 17.1 Å². The number of anilines is 3. The number of nitrogens with one attached hydrogen (secondary N) is 1. The summed E-state index contributed by atoms with van der Waals surface area (Å²) >= 11 is 1.51. The number of thioether (sulfide) groups is 1. The number of benzene rings is 3. The lowest BCUT2D eigenvalue weighted by atomic mass is 10.0. The summed E-state index contributed by atoms with van der Waals surface area (Å²) in [6, 6.07) is 24.0. The van der Waals surface area contributed by atoms with Crippen LogP contribution in [-0.2, 0) is 22.4 Å². The highest BCUT2D eigenvalue weighted by Crippen LogP contribution is 2.36. The maximum absolute atomic E-state index is 13.4. The quantitative estimate of drug-likeness (QED) is 0.489. The molecule has 3 aromatic rings. The minimum atomic E-state index is 0.0246. The van der Waals surface area contributed by atoms with Gasteiger partial charge in [0.15, 0.2) is 0 Å². The molecule has 1 aliphatic rings. The molecule has 0 fully saturated rings. The normalized spacial score (nSPS) is 12.5. The molecule has 2 amide bonds. The average molecular weight is 431 g/mol. The molecule has 0 unspecified atom stereocenters. The Morgan fingerprint density at radius 3 is 2.03 bits per heavy atom. The van der Waals surface area contributed by atoms with Crippen molar-refractivity contribution in [3.63, 3.8) is 0 Å². The first kappa shape index (κ1) is 21.2. The van der Waals surface area contributed by atoms with Gasteiger partial charge in [-0.25, -0.2) is 0 Å². The smallest absolute Gasteiger partial charge is 0.241 e. The predicted molar refractivity (Wildman–Crippen MR) is 128 cm³/mol. The molecule has 1 N–H and O–H groups in total. The first-order valence-corrected chi connectivity index (χ1v) is 11.7. The number of nitrogens with zero attached hydrogens (tertiary/aromatic N) is 1. The topological polar surface area (TPSA) is 49.4 Å². The van der Waals surface area contributed by atoms with E-state index in [1.54, 1.807) is 0 Å². The monoisotopic (exact) mass is 430 g/mol. The van der Waals surface area contributed by atoms with E-state index in [0.29, 0.717) is 12.2 Å². The maximum Gasteiger partial charge on any atom is 0.241 e. The third-order valence-electron chi connectivity index (χ3n) is 5.36. The van der Waals surface area contributed by atoms with E-state index in [-0.39, 0.29) is 11.8 Å². The van der Waals surface area contributed by atoms with Crippen molar-refractivity contribution in [2.24, 2.45) is 0 Å². The third kappa shape index (κ3) is 5.00. The number of rotatable bonds is 6. The molecule has 3 aromatic carbocycles. The number of hydrogen-bond acceptors (Lipinski definition) is 3. The molecule has 5 heteroatoms. The predicted octanol–water partition coefficient (Wildman–Crippen LogP) is 5.98. The number of carbonyl (C=O) groups is 2. The zero-order valence-corrected chi connectivity index (χ0v) is 18.5. The van der Waals surface area contributed by atoms with E-state index in [1.807, 2.05) is 72.5 Å². The minimum Gasteiger partial charge on any atom is -0.326 e. The van der Waals surface area contributed by atoms with Crippen LogP contribution in [0.3, 0.4) is 0 Å². The highest BCUT2D eigenvalue weighted by atomic mass is 32.2. The number of aryl methyl sites for hydroxylation is 2. The van der Waals surface area contributed by atoms with Crippen molar-refractivity contribution in [1.29, 1.82) is 0 Å². The fourth-order valence-corrected chi connectivity index (χ4v) is 4.59. The van der Waals surface area contributed by atoms with Gasteiger partial charge in [0.25, 0.3) is 0 Å². The Hall–Kier alpha value is -3.05. The summed E-state index contributed by atoms with van der Waals surface area (Å²) in [6.07, 6.45) is 3.19. The molecule has 0 spiro atoms. The lowest BCUT2D eigenvalue weighted by Crippen LogP contribution is -2.28. The largest absolute Gasteiger partial charge is 0.326 e. The van der Waals surface area contributed by atoms with E-state index in [9.17, 15) is 9.59 Å². The summed E-state index contributed by atoms with van der Waals surface area (Å²) in [5.41, 5.74) is 5.14. The zero-order valence-electron chi connectivity index (χ0n) is 17.6.